The number of nitrogen functional groups attached to an aromatic ring is 1. The second-order valence-corrected chi connectivity index (χ2v) is 3.83. The van der Waals surface area contributed by atoms with Crippen LogP contribution in [-0.4, -0.2) is 40.0 Å². The van der Waals surface area contributed by atoms with E-state index in [0.29, 0.717) is 24.7 Å². The first-order valence-corrected chi connectivity index (χ1v) is 5.98. The maximum absolute atomic E-state index is 5.57. The molecule has 0 unspecified atom stereocenters. The quantitative estimate of drug-likeness (QED) is 0.716. The highest BCUT2D eigenvalue weighted by molar-refractivity contribution is 5.80. The summed E-state index contributed by atoms with van der Waals surface area (Å²) in [5.41, 5.74) is 6.15. The van der Waals surface area contributed by atoms with Crippen LogP contribution in [0.1, 0.15) is 19.8 Å². The Morgan fingerprint density at radius 1 is 1.28 bits per heavy atom. The number of ether oxygens (including phenoxy) is 2. The van der Waals surface area contributed by atoms with Gasteiger partial charge in [-0.2, -0.15) is 15.1 Å². The van der Waals surface area contributed by atoms with Crippen LogP contribution in [0.4, 0.5) is 5.95 Å². The molecule has 0 spiro atoms. The first-order valence-electron chi connectivity index (χ1n) is 5.98. The highest BCUT2D eigenvalue weighted by Gasteiger charge is 2.08. The molecule has 0 aromatic carbocycles. The number of hydrogen-bond donors (Lipinski definition) is 2. The lowest BCUT2D eigenvalue weighted by atomic mass is 10.4. The van der Waals surface area contributed by atoms with Crippen LogP contribution in [0.15, 0.2) is 6.20 Å². The molecule has 0 radical (unpaired) electrons. The van der Waals surface area contributed by atoms with E-state index in [1.54, 1.807) is 6.20 Å². The summed E-state index contributed by atoms with van der Waals surface area (Å²) in [4.78, 5) is 8.04. The summed E-state index contributed by atoms with van der Waals surface area (Å²) in [5.74, 6) is 0.596. The summed E-state index contributed by atoms with van der Waals surface area (Å²) in [6.45, 7) is 3.84. The van der Waals surface area contributed by atoms with E-state index < -0.39 is 0 Å². The number of nitrogens with zero attached hydrogens (tertiary/aromatic N) is 3. The molecule has 0 amide bonds. The van der Waals surface area contributed by atoms with Gasteiger partial charge in [-0.05, 0) is 6.42 Å². The van der Waals surface area contributed by atoms with Crippen LogP contribution in [0.2, 0.25) is 0 Å². The molecule has 0 fully saturated rings. The van der Waals surface area contributed by atoms with Crippen molar-refractivity contribution in [3.63, 3.8) is 0 Å². The monoisotopic (exact) mass is 251 g/mol. The number of nitrogens with two attached hydrogens (primary N) is 1. The highest BCUT2D eigenvalue weighted by Crippen LogP contribution is 2.20. The number of unbranched alkanes of at least 4 members (excludes halogenated alkanes) is 1. The Bertz CT molecular complexity index is 499. The topological polar surface area (TPSA) is 98.9 Å². The number of aromatic nitrogens is 4. The van der Waals surface area contributed by atoms with Crippen LogP contribution < -0.4 is 10.5 Å². The van der Waals surface area contributed by atoms with Gasteiger partial charge in [-0.15, -0.1) is 0 Å². The third kappa shape index (κ3) is 3.07. The SMILES string of the molecule is CCCCOCCOc1nc(N)nc2[nH]ncc12. The first kappa shape index (κ1) is 12.6. The zero-order valence-electron chi connectivity index (χ0n) is 10.3. The number of anilines is 1. The summed E-state index contributed by atoms with van der Waals surface area (Å²) in [6, 6.07) is 0. The van der Waals surface area contributed by atoms with E-state index in [2.05, 4.69) is 27.1 Å². The minimum absolute atomic E-state index is 0.161. The van der Waals surface area contributed by atoms with Gasteiger partial charge in [-0.25, -0.2) is 0 Å². The van der Waals surface area contributed by atoms with Gasteiger partial charge in [-0.3, -0.25) is 5.10 Å². The Morgan fingerprint density at radius 3 is 3.00 bits per heavy atom. The van der Waals surface area contributed by atoms with Gasteiger partial charge in [0.15, 0.2) is 5.65 Å². The van der Waals surface area contributed by atoms with Gasteiger partial charge in [0, 0.05) is 6.61 Å². The van der Waals surface area contributed by atoms with Gasteiger partial charge in [0.2, 0.25) is 11.8 Å². The second-order valence-electron chi connectivity index (χ2n) is 3.83. The lowest BCUT2D eigenvalue weighted by Gasteiger charge is -2.07. The van der Waals surface area contributed by atoms with Gasteiger partial charge in [0.1, 0.15) is 12.0 Å². The molecule has 0 aliphatic carbocycles. The van der Waals surface area contributed by atoms with E-state index in [9.17, 15) is 0 Å². The number of H-pyrrole nitrogens is 1. The minimum atomic E-state index is 0.161. The third-order valence-corrected chi connectivity index (χ3v) is 2.40. The molecule has 2 rings (SSSR count). The molecule has 2 aromatic rings. The molecule has 0 aliphatic heterocycles. The number of rotatable bonds is 7. The van der Waals surface area contributed by atoms with Crippen molar-refractivity contribution in [2.45, 2.75) is 19.8 Å². The van der Waals surface area contributed by atoms with Crippen molar-refractivity contribution in [1.29, 1.82) is 0 Å². The average Bonchev–Trinajstić information content (AvgIpc) is 2.81. The molecule has 0 aliphatic rings. The van der Waals surface area contributed by atoms with Crippen LogP contribution >= 0.6 is 0 Å². The van der Waals surface area contributed by atoms with Crippen molar-refractivity contribution in [2.24, 2.45) is 0 Å². The lowest BCUT2D eigenvalue weighted by Crippen LogP contribution is -2.09. The number of nitrogens with one attached hydrogen (secondary N) is 1. The molecular weight excluding hydrogens is 234 g/mol. The fraction of sp³-hybridized carbons (Fsp3) is 0.545. The minimum Gasteiger partial charge on any atom is -0.475 e. The molecule has 7 heteroatoms. The predicted molar refractivity (Wildman–Crippen MR) is 67.3 cm³/mol. The molecule has 98 valence electrons. The van der Waals surface area contributed by atoms with Gasteiger partial charge in [0.05, 0.1) is 12.8 Å². The summed E-state index contributed by atoms with van der Waals surface area (Å²) >= 11 is 0. The normalized spacial score (nSPS) is 10.9. The maximum atomic E-state index is 5.57. The smallest absolute Gasteiger partial charge is 0.229 e. The summed E-state index contributed by atoms with van der Waals surface area (Å²) in [7, 11) is 0. The van der Waals surface area contributed by atoms with Crippen LogP contribution in [0.3, 0.4) is 0 Å². The van der Waals surface area contributed by atoms with Gasteiger partial charge < -0.3 is 15.2 Å². The summed E-state index contributed by atoms with van der Waals surface area (Å²) in [6.07, 6.45) is 3.80. The molecule has 0 bridgehead atoms. The zero-order chi connectivity index (χ0) is 12.8. The van der Waals surface area contributed by atoms with Crippen LogP contribution in [-0.2, 0) is 4.74 Å². The molecule has 0 saturated carbocycles. The first-order chi connectivity index (χ1) is 8.81. The van der Waals surface area contributed by atoms with Crippen molar-refractivity contribution in [1.82, 2.24) is 20.2 Å². The molecule has 0 atom stereocenters. The predicted octanol–water partition coefficient (Wildman–Crippen LogP) is 1.13. The van der Waals surface area contributed by atoms with Crippen molar-refractivity contribution in [3.05, 3.63) is 6.20 Å². The molecule has 18 heavy (non-hydrogen) atoms. The Balaban J connectivity index is 1.89. The Hall–Kier alpha value is -1.89. The van der Waals surface area contributed by atoms with Gasteiger partial charge >= 0.3 is 0 Å². The highest BCUT2D eigenvalue weighted by atomic mass is 16.5. The van der Waals surface area contributed by atoms with Gasteiger partial charge in [-0.1, -0.05) is 13.3 Å². The van der Waals surface area contributed by atoms with Crippen LogP contribution in [0, 0.1) is 0 Å². The van der Waals surface area contributed by atoms with Crippen LogP contribution in [0.25, 0.3) is 11.0 Å². The Kier molecular flexibility index (Phi) is 4.30. The molecule has 3 N–H and O–H groups in total. The van der Waals surface area contributed by atoms with E-state index >= 15 is 0 Å². The standard InChI is InChI=1S/C11H17N5O2/c1-2-3-4-17-5-6-18-10-8-7-13-16-9(8)14-11(12)15-10/h7H,2-6H2,1H3,(H3,12,13,14,15,16). The molecule has 2 heterocycles. The Morgan fingerprint density at radius 2 is 2.17 bits per heavy atom. The number of hydrogen-bond acceptors (Lipinski definition) is 6. The van der Waals surface area contributed by atoms with E-state index in [1.165, 1.54) is 0 Å². The molecule has 2 aromatic heterocycles. The fourth-order valence-electron chi connectivity index (χ4n) is 1.48. The fourth-order valence-corrected chi connectivity index (χ4v) is 1.48. The lowest BCUT2D eigenvalue weighted by molar-refractivity contribution is 0.0971. The molecule has 7 nitrogen and oxygen atoms in total. The van der Waals surface area contributed by atoms with E-state index in [1.807, 2.05) is 0 Å². The molecular formula is C11H17N5O2. The Labute approximate surface area is 105 Å². The van der Waals surface area contributed by atoms with Crippen molar-refractivity contribution in [3.8, 4) is 5.88 Å². The third-order valence-electron chi connectivity index (χ3n) is 2.40. The van der Waals surface area contributed by atoms with E-state index in [0.717, 1.165) is 24.8 Å². The van der Waals surface area contributed by atoms with E-state index in [4.69, 9.17) is 15.2 Å². The number of fused-ring (bicyclic) bond motifs is 1. The van der Waals surface area contributed by atoms with Crippen molar-refractivity contribution in [2.75, 3.05) is 25.6 Å². The average molecular weight is 251 g/mol. The second kappa shape index (κ2) is 6.15. The summed E-state index contributed by atoms with van der Waals surface area (Å²) in [5, 5.41) is 7.32. The largest absolute Gasteiger partial charge is 0.475 e. The number of aromatic amines is 1. The summed E-state index contributed by atoms with van der Waals surface area (Å²) < 4.78 is 10.9. The maximum Gasteiger partial charge on any atom is 0.229 e. The van der Waals surface area contributed by atoms with Crippen LogP contribution in [0.5, 0.6) is 5.88 Å². The zero-order valence-corrected chi connectivity index (χ0v) is 10.3. The van der Waals surface area contributed by atoms with Crippen molar-refractivity contribution < 1.29 is 9.47 Å². The van der Waals surface area contributed by atoms with Gasteiger partial charge in [0.25, 0.3) is 0 Å². The molecule has 0 saturated heterocycles. The van der Waals surface area contributed by atoms with Crippen molar-refractivity contribution >= 4 is 17.0 Å². The van der Waals surface area contributed by atoms with E-state index in [-0.39, 0.29) is 5.95 Å².